The molecule has 6 nitrogen and oxygen atoms in total. The van der Waals surface area contributed by atoms with Crippen LogP contribution in [0, 0.1) is 11.6 Å². The molecule has 0 amide bonds. The lowest BCUT2D eigenvalue weighted by molar-refractivity contribution is 0.627. The molecule has 0 N–H and O–H groups in total. The molecule has 0 atom stereocenters. The smallest absolute Gasteiger partial charge is 0.159 e. The Balaban J connectivity index is 0.000000141. The van der Waals surface area contributed by atoms with Crippen molar-refractivity contribution < 1.29 is 26.4 Å². The van der Waals surface area contributed by atoms with Gasteiger partial charge in [0.05, 0.1) is 11.4 Å². The van der Waals surface area contributed by atoms with Gasteiger partial charge in [-0.2, -0.15) is 0 Å². The number of anilines is 6. The van der Waals surface area contributed by atoms with E-state index in [-0.39, 0.29) is 11.6 Å². The SMILES string of the molecule is Fc1ccc(-c2ccc(N(c3ccc(-c4ccc(F)cc4)cc3)c3ccc(-c4ccc5c(c4)oc4ccccc45)cc3)cc2)cc1.c1ccc2c(c1)oc1cc(-c3ccc(N(c4cccc5c4oc4ccccc45)c4cccc5c4oc4ccccc45)cc3)ccc12. The summed E-state index contributed by atoms with van der Waals surface area (Å²) in [4.78, 5) is 4.46. The Morgan fingerprint density at radius 3 is 0.815 bits per heavy atom. The van der Waals surface area contributed by atoms with E-state index in [2.05, 4.69) is 216 Å². The van der Waals surface area contributed by atoms with Gasteiger partial charge in [-0.25, -0.2) is 8.78 Å². The van der Waals surface area contributed by atoms with E-state index in [0.29, 0.717) is 0 Å². The van der Waals surface area contributed by atoms with Crippen LogP contribution in [-0.4, -0.2) is 0 Å². The molecule has 4 heterocycles. The first-order valence-corrected chi connectivity index (χ1v) is 30.6. The van der Waals surface area contributed by atoms with Crippen LogP contribution in [0.3, 0.4) is 0 Å². The molecule has 436 valence electrons. The second-order valence-corrected chi connectivity index (χ2v) is 23.0. The van der Waals surface area contributed by atoms with Crippen LogP contribution < -0.4 is 9.80 Å². The maximum atomic E-state index is 13.5. The number of halogens is 2. The number of furan rings is 4. The van der Waals surface area contributed by atoms with Crippen LogP contribution in [0.1, 0.15) is 0 Å². The first kappa shape index (κ1) is 53.9. The number of fused-ring (bicyclic) bond motifs is 12. The van der Waals surface area contributed by atoms with Crippen LogP contribution >= 0.6 is 0 Å². The molecule has 0 bridgehead atoms. The number of benzene rings is 14. The lowest BCUT2D eigenvalue weighted by atomic mass is 10.0. The van der Waals surface area contributed by atoms with E-state index in [1.807, 2.05) is 60.7 Å². The monoisotopic (exact) mass is 1190 g/mol. The number of para-hydroxylation sites is 6. The summed E-state index contributed by atoms with van der Waals surface area (Å²) >= 11 is 0. The Kier molecular flexibility index (Phi) is 13.1. The summed E-state index contributed by atoms with van der Waals surface area (Å²) in [6.45, 7) is 0. The van der Waals surface area contributed by atoms with Crippen molar-refractivity contribution in [2.45, 2.75) is 0 Å². The van der Waals surface area contributed by atoms with Gasteiger partial charge in [0.1, 0.15) is 45.1 Å². The largest absolute Gasteiger partial charge is 0.456 e. The Bertz CT molecular complexity index is 5570. The Labute approximate surface area is 526 Å². The van der Waals surface area contributed by atoms with E-state index in [4.69, 9.17) is 17.7 Å². The average Bonchev–Trinajstić information content (AvgIpc) is 1.66. The lowest BCUT2D eigenvalue weighted by Gasteiger charge is -2.26. The summed E-state index contributed by atoms with van der Waals surface area (Å²) in [6, 6.07) is 105. The third-order valence-electron chi connectivity index (χ3n) is 17.5. The van der Waals surface area contributed by atoms with Crippen LogP contribution in [0.4, 0.5) is 42.9 Å². The zero-order valence-electron chi connectivity index (χ0n) is 49.3. The minimum absolute atomic E-state index is 0.253. The van der Waals surface area contributed by atoms with Gasteiger partial charge in [-0.3, -0.25) is 0 Å². The molecule has 0 aliphatic heterocycles. The number of hydrogen-bond acceptors (Lipinski definition) is 6. The highest BCUT2D eigenvalue weighted by molar-refractivity contribution is 6.14. The fourth-order valence-electron chi connectivity index (χ4n) is 13.0. The quantitative estimate of drug-likeness (QED) is 0.136. The van der Waals surface area contributed by atoms with Gasteiger partial charge in [0, 0.05) is 65.8 Å². The molecule has 0 unspecified atom stereocenters. The van der Waals surface area contributed by atoms with Crippen molar-refractivity contribution in [1.82, 2.24) is 0 Å². The van der Waals surface area contributed by atoms with Crippen LogP contribution in [-0.2, 0) is 0 Å². The van der Waals surface area contributed by atoms with Crippen molar-refractivity contribution in [2.75, 3.05) is 9.80 Å². The molecule has 0 saturated heterocycles. The summed E-state index contributed by atoms with van der Waals surface area (Å²) in [5, 5.41) is 8.82. The van der Waals surface area contributed by atoms with Crippen LogP contribution in [0.5, 0.6) is 0 Å². The predicted molar refractivity (Wildman–Crippen MR) is 373 cm³/mol. The van der Waals surface area contributed by atoms with Crippen LogP contribution in [0.25, 0.3) is 132 Å². The van der Waals surface area contributed by atoms with E-state index in [1.165, 1.54) is 24.3 Å². The molecule has 0 fully saturated rings. The highest BCUT2D eigenvalue weighted by Gasteiger charge is 2.24. The predicted octanol–water partition coefficient (Wildman–Crippen LogP) is 24.9. The summed E-state index contributed by atoms with van der Waals surface area (Å²) in [6.07, 6.45) is 0. The van der Waals surface area contributed by atoms with Crippen molar-refractivity contribution in [3.8, 4) is 44.5 Å². The molecule has 92 heavy (non-hydrogen) atoms. The summed E-state index contributed by atoms with van der Waals surface area (Å²) in [5.41, 5.74) is 21.1. The zero-order valence-corrected chi connectivity index (χ0v) is 49.3. The van der Waals surface area contributed by atoms with Gasteiger partial charge in [0.15, 0.2) is 11.2 Å². The molecule has 0 radical (unpaired) electrons. The van der Waals surface area contributed by atoms with Gasteiger partial charge in [-0.1, -0.05) is 182 Å². The number of nitrogens with zero attached hydrogens (tertiary/aromatic N) is 2. The summed E-state index contributed by atoms with van der Waals surface area (Å²) in [5.74, 6) is -0.506. The fraction of sp³-hybridized carbons (Fsp3) is 0. The van der Waals surface area contributed by atoms with E-state index in [0.717, 1.165) is 166 Å². The van der Waals surface area contributed by atoms with Gasteiger partial charge in [0.2, 0.25) is 0 Å². The highest BCUT2D eigenvalue weighted by atomic mass is 19.1. The molecule has 4 aromatic heterocycles. The molecule has 0 spiro atoms. The molecule has 18 rings (SSSR count). The lowest BCUT2D eigenvalue weighted by Crippen LogP contribution is -2.10. The molecule has 8 heteroatoms. The fourth-order valence-corrected chi connectivity index (χ4v) is 13.0. The standard InChI is InChI=1S/C42H27F2NO.C42H25NO3/c43-34-16-5-28(6-17-34)30-9-20-36(21-10-30)45(37-22-11-31(12-23-37)29-7-18-35(44)19-8-29)38-24-13-32(14-25-38)33-15-26-40-39-3-1-2-4-41(39)46-42(40)27-33;1-4-16-37-29(9-1)32-24-21-27(25-40(32)44-37)26-19-22-28(23-20-26)43(35-14-7-12-33-30-10-2-5-17-38(30)45-41(33)35)36-15-8-13-34-31-11-3-6-18-39(31)46-42(34)36/h1-27H;1-25H. The van der Waals surface area contributed by atoms with E-state index >= 15 is 0 Å². The van der Waals surface area contributed by atoms with E-state index in [1.54, 1.807) is 24.3 Å². The van der Waals surface area contributed by atoms with Crippen molar-refractivity contribution in [1.29, 1.82) is 0 Å². The Hall–Kier alpha value is -12.3. The van der Waals surface area contributed by atoms with Gasteiger partial charge in [0.25, 0.3) is 0 Å². The van der Waals surface area contributed by atoms with Gasteiger partial charge < -0.3 is 27.5 Å². The highest BCUT2D eigenvalue weighted by Crippen LogP contribution is 2.47. The second kappa shape index (κ2) is 22.4. The molecule has 0 aliphatic carbocycles. The molecular formula is C84H52F2N2O4. The maximum Gasteiger partial charge on any atom is 0.159 e. The van der Waals surface area contributed by atoms with Gasteiger partial charge in [-0.05, 0) is 178 Å². The number of rotatable bonds is 10. The normalized spacial score (nSPS) is 11.6. The minimum Gasteiger partial charge on any atom is -0.456 e. The van der Waals surface area contributed by atoms with Gasteiger partial charge >= 0.3 is 0 Å². The molecule has 18 aromatic rings. The molecule has 0 aliphatic rings. The van der Waals surface area contributed by atoms with Crippen molar-refractivity contribution in [3.63, 3.8) is 0 Å². The second-order valence-electron chi connectivity index (χ2n) is 23.0. The minimum atomic E-state index is -0.253. The van der Waals surface area contributed by atoms with Crippen molar-refractivity contribution in [3.05, 3.63) is 327 Å². The summed E-state index contributed by atoms with van der Waals surface area (Å²) < 4.78 is 52.5. The Morgan fingerprint density at radius 2 is 0.457 bits per heavy atom. The Morgan fingerprint density at radius 1 is 0.196 bits per heavy atom. The van der Waals surface area contributed by atoms with Crippen LogP contribution in [0.15, 0.2) is 333 Å². The topological polar surface area (TPSA) is 59.0 Å². The zero-order chi connectivity index (χ0) is 61.2. The first-order chi connectivity index (χ1) is 45.4. The third-order valence-corrected chi connectivity index (χ3v) is 17.5. The molecule has 0 saturated carbocycles. The molecule has 14 aromatic carbocycles. The average molecular weight is 1190 g/mol. The van der Waals surface area contributed by atoms with Crippen LogP contribution in [0.2, 0.25) is 0 Å². The summed E-state index contributed by atoms with van der Waals surface area (Å²) in [7, 11) is 0. The van der Waals surface area contributed by atoms with Crippen molar-refractivity contribution in [2.24, 2.45) is 0 Å². The van der Waals surface area contributed by atoms with E-state index in [9.17, 15) is 8.78 Å². The number of hydrogen-bond donors (Lipinski definition) is 0. The van der Waals surface area contributed by atoms with E-state index < -0.39 is 0 Å². The maximum absolute atomic E-state index is 13.5. The molecular weight excluding hydrogens is 1140 g/mol. The van der Waals surface area contributed by atoms with Gasteiger partial charge in [-0.15, -0.1) is 0 Å². The third kappa shape index (κ3) is 9.66. The first-order valence-electron chi connectivity index (χ1n) is 30.6. The van der Waals surface area contributed by atoms with Crippen molar-refractivity contribution >= 4 is 122 Å².